The fourth-order valence-corrected chi connectivity index (χ4v) is 4.05. The molecule has 1 unspecified atom stereocenters. The van der Waals surface area contributed by atoms with Crippen molar-refractivity contribution in [3.63, 3.8) is 0 Å². The predicted molar refractivity (Wildman–Crippen MR) is 107 cm³/mol. The summed E-state index contributed by atoms with van der Waals surface area (Å²) in [6.07, 6.45) is -0.627. The van der Waals surface area contributed by atoms with Gasteiger partial charge in [0.25, 0.3) is 5.91 Å². The van der Waals surface area contributed by atoms with Gasteiger partial charge in [-0.25, -0.2) is 0 Å². The molecule has 2 amide bonds. The minimum atomic E-state index is -0.627. The number of hydrogen-bond donors (Lipinski definition) is 1. The Labute approximate surface area is 167 Å². The van der Waals surface area contributed by atoms with E-state index in [0.717, 1.165) is 10.6 Å². The SMILES string of the molecule is O=C(CN1CC(C(=O)N2CCOCC2)Oc2ccccc21)NCc1cccs1. The summed E-state index contributed by atoms with van der Waals surface area (Å²) in [4.78, 5) is 30.2. The van der Waals surface area contributed by atoms with Crippen molar-refractivity contribution >= 4 is 28.8 Å². The summed E-state index contributed by atoms with van der Waals surface area (Å²) >= 11 is 1.61. The number of thiophene rings is 1. The molecule has 0 spiro atoms. The van der Waals surface area contributed by atoms with E-state index in [1.54, 1.807) is 16.2 Å². The monoisotopic (exact) mass is 401 g/mol. The lowest BCUT2D eigenvalue weighted by Gasteiger charge is -2.38. The minimum Gasteiger partial charge on any atom is -0.477 e. The topological polar surface area (TPSA) is 71.1 Å². The van der Waals surface area contributed by atoms with E-state index in [2.05, 4.69) is 5.32 Å². The molecule has 8 heteroatoms. The van der Waals surface area contributed by atoms with Crippen molar-refractivity contribution in [2.45, 2.75) is 12.6 Å². The van der Waals surface area contributed by atoms with Crippen LogP contribution in [0.5, 0.6) is 5.75 Å². The lowest BCUT2D eigenvalue weighted by molar-refractivity contribution is -0.142. The molecule has 1 saturated heterocycles. The number of fused-ring (bicyclic) bond motifs is 1. The summed E-state index contributed by atoms with van der Waals surface area (Å²) < 4.78 is 11.3. The fraction of sp³-hybridized carbons (Fsp3) is 0.400. The van der Waals surface area contributed by atoms with Crippen molar-refractivity contribution < 1.29 is 19.1 Å². The second-order valence-corrected chi connectivity index (χ2v) is 7.78. The van der Waals surface area contributed by atoms with Gasteiger partial charge in [0.05, 0.1) is 38.5 Å². The number of carbonyl (C=O) groups is 2. The van der Waals surface area contributed by atoms with Gasteiger partial charge in [-0.3, -0.25) is 9.59 Å². The number of carbonyl (C=O) groups excluding carboxylic acids is 2. The normalized spacial score (nSPS) is 18.9. The van der Waals surface area contributed by atoms with Gasteiger partial charge < -0.3 is 24.6 Å². The number of nitrogens with zero attached hydrogens (tertiary/aromatic N) is 2. The summed E-state index contributed by atoms with van der Waals surface area (Å²) in [6.45, 7) is 3.27. The highest BCUT2D eigenvalue weighted by Gasteiger charge is 2.34. The van der Waals surface area contributed by atoms with Gasteiger partial charge in [0.1, 0.15) is 5.75 Å². The van der Waals surface area contributed by atoms with Crippen LogP contribution < -0.4 is 15.0 Å². The number of rotatable bonds is 5. The van der Waals surface area contributed by atoms with Crippen LogP contribution in [0.4, 0.5) is 5.69 Å². The van der Waals surface area contributed by atoms with Gasteiger partial charge in [-0.05, 0) is 23.6 Å². The van der Waals surface area contributed by atoms with E-state index in [4.69, 9.17) is 9.47 Å². The van der Waals surface area contributed by atoms with E-state index in [9.17, 15) is 9.59 Å². The van der Waals surface area contributed by atoms with Crippen molar-refractivity contribution in [1.82, 2.24) is 10.2 Å². The van der Waals surface area contributed by atoms with E-state index >= 15 is 0 Å². The standard InChI is InChI=1S/C20H23N3O4S/c24-19(21-12-15-4-3-11-28-15)14-23-13-18(20(25)22-7-9-26-10-8-22)27-17-6-2-1-5-16(17)23/h1-6,11,18H,7-10,12-14H2,(H,21,24). The molecule has 2 aromatic rings. The second-order valence-electron chi connectivity index (χ2n) is 6.75. The zero-order valence-corrected chi connectivity index (χ0v) is 16.3. The molecular formula is C20H23N3O4S. The van der Waals surface area contributed by atoms with Crippen molar-refractivity contribution in [2.75, 3.05) is 44.3 Å². The molecule has 3 heterocycles. The number of benzene rings is 1. The number of amides is 2. The Morgan fingerprint density at radius 3 is 2.75 bits per heavy atom. The number of hydrogen-bond acceptors (Lipinski definition) is 6. The van der Waals surface area contributed by atoms with Crippen molar-refractivity contribution in [3.05, 3.63) is 46.7 Å². The lowest BCUT2D eigenvalue weighted by Crippen LogP contribution is -2.54. The van der Waals surface area contributed by atoms with Crippen molar-refractivity contribution in [2.24, 2.45) is 0 Å². The summed E-state index contributed by atoms with van der Waals surface area (Å²) in [5.41, 5.74) is 0.833. The summed E-state index contributed by atoms with van der Waals surface area (Å²) in [5, 5.41) is 4.94. The summed E-state index contributed by atoms with van der Waals surface area (Å²) in [5.74, 6) is 0.496. The van der Waals surface area contributed by atoms with Gasteiger partial charge in [-0.15, -0.1) is 11.3 Å². The van der Waals surface area contributed by atoms with E-state index in [1.165, 1.54) is 0 Å². The molecular weight excluding hydrogens is 378 g/mol. The molecule has 0 bridgehead atoms. The molecule has 1 aromatic carbocycles. The van der Waals surface area contributed by atoms with Crippen molar-refractivity contribution in [1.29, 1.82) is 0 Å². The zero-order chi connectivity index (χ0) is 19.3. The summed E-state index contributed by atoms with van der Waals surface area (Å²) in [7, 11) is 0. The van der Waals surface area contributed by atoms with Crippen LogP contribution in [0.3, 0.4) is 0 Å². The molecule has 1 aromatic heterocycles. The zero-order valence-electron chi connectivity index (χ0n) is 15.5. The molecule has 2 aliphatic heterocycles. The number of nitrogens with one attached hydrogen (secondary N) is 1. The molecule has 0 saturated carbocycles. The fourth-order valence-electron chi connectivity index (χ4n) is 3.40. The molecule has 1 fully saturated rings. The van der Waals surface area contributed by atoms with Crippen LogP contribution in [0.2, 0.25) is 0 Å². The largest absolute Gasteiger partial charge is 0.477 e. The molecule has 148 valence electrons. The quantitative estimate of drug-likeness (QED) is 0.822. The Morgan fingerprint density at radius 2 is 1.96 bits per heavy atom. The highest BCUT2D eigenvalue weighted by molar-refractivity contribution is 7.09. The average molecular weight is 401 g/mol. The van der Waals surface area contributed by atoms with Crippen LogP contribution in [-0.2, 0) is 20.9 Å². The Kier molecular flexibility index (Phi) is 5.78. The molecule has 4 rings (SSSR count). The average Bonchev–Trinajstić information content (AvgIpc) is 3.26. The van der Waals surface area contributed by atoms with Crippen LogP contribution in [0, 0.1) is 0 Å². The molecule has 1 N–H and O–H groups in total. The number of morpholine rings is 1. The van der Waals surface area contributed by atoms with E-state index in [0.29, 0.717) is 45.1 Å². The molecule has 2 aliphatic rings. The van der Waals surface area contributed by atoms with Crippen LogP contribution in [0.25, 0.3) is 0 Å². The Balaban J connectivity index is 1.44. The maximum Gasteiger partial charge on any atom is 0.265 e. The number of anilines is 1. The highest BCUT2D eigenvalue weighted by atomic mass is 32.1. The first-order valence-corrected chi connectivity index (χ1v) is 10.2. The number of para-hydroxylation sites is 2. The molecule has 7 nitrogen and oxygen atoms in total. The Hall–Kier alpha value is -2.58. The van der Waals surface area contributed by atoms with Gasteiger partial charge in [-0.2, -0.15) is 0 Å². The van der Waals surface area contributed by atoms with Gasteiger partial charge in [0, 0.05) is 18.0 Å². The van der Waals surface area contributed by atoms with Gasteiger partial charge in [0.15, 0.2) is 6.10 Å². The number of ether oxygens (including phenoxy) is 2. The van der Waals surface area contributed by atoms with Crippen LogP contribution in [0.15, 0.2) is 41.8 Å². The molecule has 0 radical (unpaired) electrons. The Bertz CT molecular complexity index is 821. The molecule has 0 aliphatic carbocycles. The van der Waals surface area contributed by atoms with Gasteiger partial charge >= 0.3 is 0 Å². The first kappa shape index (κ1) is 18.8. The van der Waals surface area contributed by atoms with Crippen LogP contribution in [-0.4, -0.2) is 62.2 Å². The third kappa shape index (κ3) is 4.28. The second kappa shape index (κ2) is 8.62. The molecule has 28 heavy (non-hydrogen) atoms. The third-order valence-corrected chi connectivity index (χ3v) is 5.71. The Morgan fingerprint density at radius 1 is 1.14 bits per heavy atom. The molecule has 1 atom stereocenters. The van der Waals surface area contributed by atoms with Crippen LogP contribution >= 0.6 is 11.3 Å². The first-order valence-electron chi connectivity index (χ1n) is 9.37. The van der Waals surface area contributed by atoms with Crippen LogP contribution in [0.1, 0.15) is 4.88 Å². The van der Waals surface area contributed by atoms with Gasteiger partial charge in [0.2, 0.25) is 5.91 Å². The van der Waals surface area contributed by atoms with E-state index in [1.807, 2.05) is 46.7 Å². The smallest absolute Gasteiger partial charge is 0.265 e. The lowest BCUT2D eigenvalue weighted by atomic mass is 10.1. The van der Waals surface area contributed by atoms with E-state index < -0.39 is 6.10 Å². The maximum absolute atomic E-state index is 12.9. The minimum absolute atomic E-state index is 0.0539. The van der Waals surface area contributed by atoms with Gasteiger partial charge in [-0.1, -0.05) is 18.2 Å². The highest BCUT2D eigenvalue weighted by Crippen LogP contribution is 2.33. The van der Waals surface area contributed by atoms with Crippen molar-refractivity contribution in [3.8, 4) is 5.75 Å². The first-order chi connectivity index (χ1) is 13.7. The van der Waals surface area contributed by atoms with E-state index in [-0.39, 0.29) is 18.4 Å². The predicted octanol–water partition coefficient (Wildman–Crippen LogP) is 1.49. The third-order valence-electron chi connectivity index (χ3n) is 4.83. The maximum atomic E-state index is 12.9. The summed E-state index contributed by atoms with van der Waals surface area (Å²) in [6, 6.07) is 11.5.